The molecule has 3 aromatic rings. The van der Waals surface area contributed by atoms with Crippen LogP contribution in [0, 0.1) is 6.92 Å². The van der Waals surface area contributed by atoms with Crippen molar-refractivity contribution in [3.05, 3.63) is 47.8 Å². The molecule has 0 saturated heterocycles. The van der Waals surface area contributed by atoms with Gasteiger partial charge in [0.1, 0.15) is 11.0 Å². The number of benzene rings is 1. The van der Waals surface area contributed by atoms with Gasteiger partial charge in [-0.25, -0.2) is 0 Å². The molecule has 2 aromatic heterocycles. The summed E-state index contributed by atoms with van der Waals surface area (Å²) in [5.41, 5.74) is 4.16. The molecule has 0 fully saturated rings. The number of carbonyl (C=O) groups excluding carboxylic acids is 1. The summed E-state index contributed by atoms with van der Waals surface area (Å²) in [6.45, 7) is 10.1. The van der Waals surface area contributed by atoms with Gasteiger partial charge in [-0.3, -0.25) is 14.2 Å². The van der Waals surface area contributed by atoms with E-state index in [0.29, 0.717) is 26.1 Å². The molecule has 6 heteroatoms. The van der Waals surface area contributed by atoms with E-state index in [1.54, 1.807) is 0 Å². The van der Waals surface area contributed by atoms with Crippen molar-refractivity contribution in [1.82, 2.24) is 24.5 Å². The minimum atomic E-state index is 0.147. The van der Waals surface area contributed by atoms with Gasteiger partial charge in [0.15, 0.2) is 0 Å². The fourth-order valence-electron chi connectivity index (χ4n) is 3.28. The highest BCUT2D eigenvalue weighted by molar-refractivity contribution is 5.79. The first-order valence-electron chi connectivity index (χ1n) is 9.23. The molecule has 1 amide bonds. The Kier molecular flexibility index (Phi) is 5.40. The van der Waals surface area contributed by atoms with Crippen LogP contribution in [0.2, 0.25) is 0 Å². The number of hydrogen-bond donors (Lipinski definition) is 0. The molecule has 0 aliphatic heterocycles. The van der Waals surface area contributed by atoms with E-state index in [-0.39, 0.29) is 11.9 Å². The second-order valence-corrected chi connectivity index (χ2v) is 6.87. The van der Waals surface area contributed by atoms with E-state index in [1.165, 1.54) is 0 Å². The van der Waals surface area contributed by atoms with E-state index < -0.39 is 0 Å². The maximum Gasteiger partial charge on any atom is 0.224 e. The molecule has 0 unspecified atom stereocenters. The standard InChI is InChI=1S/C20H27N5O/c1-5-23(14-17-9-7-6-8-10-17)19(26)11-12-24-20-16(4)22-25(15(2)3)18(20)13-21-24/h6-10,13,15H,5,11-12,14H2,1-4H3. The van der Waals surface area contributed by atoms with Gasteiger partial charge >= 0.3 is 0 Å². The predicted octanol–water partition coefficient (Wildman–Crippen LogP) is 3.56. The average Bonchev–Trinajstić information content (AvgIpc) is 3.20. The van der Waals surface area contributed by atoms with Gasteiger partial charge in [-0.2, -0.15) is 10.2 Å². The lowest BCUT2D eigenvalue weighted by molar-refractivity contribution is -0.131. The lowest BCUT2D eigenvalue weighted by Crippen LogP contribution is -2.31. The van der Waals surface area contributed by atoms with Crippen molar-refractivity contribution >= 4 is 16.9 Å². The Hall–Kier alpha value is -2.63. The first-order valence-corrected chi connectivity index (χ1v) is 9.23. The predicted molar refractivity (Wildman–Crippen MR) is 103 cm³/mol. The molecule has 138 valence electrons. The van der Waals surface area contributed by atoms with Crippen LogP contribution in [0.15, 0.2) is 36.5 Å². The number of rotatable bonds is 7. The van der Waals surface area contributed by atoms with Crippen LogP contribution in [0.3, 0.4) is 0 Å². The molecule has 0 atom stereocenters. The van der Waals surface area contributed by atoms with Crippen LogP contribution in [0.1, 0.15) is 44.5 Å². The topological polar surface area (TPSA) is 56.0 Å². The summed E-state index contributed by atoms with van der Waals surface area (Å²) >= 11 is 0. The Morgan fingerprint density at radius 3 is 2.62 bits per heavy atom. The lowest BCUT2D eigenvalue weighted by atomic mass is 10.2. The first-order chi connectivity index (χ1) is 12.5. The van der Waals surface area contributed by atoms with Crippen LogP contribution in [-0.4, -0.2) is 36.9 Å². The van der Waals surface area contributed by atoms with Crippen molar-refractivity contribution in [3.63, 3.8) is 0 Å². The summed E-state index contributed by atoms with van der Waals surface area (Å²) in [5.74, 6) is 0.147. The maximum atomic E-state index is 12.7. The van der Waals surface area contributed by atoms with Crippen LogP contribution in [0.4, 0.5) is 0 Å². The molecule has 3 rings (SSSR count). The first kappa shape index (κ1) is 18.2. The molecule has 0 saturated carbocycles. The molecule has 0 aliphatic carbocycles. The van der Waals surface area contributed by atoms with Gasteiger partial charge < -0.3 is 4.90 Å². The molecular formula is C20H27N5O. The Morgan fingerprint density at radius 1 is 1.23 bits per heavy atom. The number of aromatic nitrogens is 4. The van der Waals surface area contributed by atoms with Crippen molar-refractivity contribution < 1.29 is 4.79 Å². The molecule has 26 heavy (non-hydrogen) atoms. The Balaban J connectivity index is 1.70. The van der Waals surface area contributed by atoms with Gasteiger partial charge in [0.2, 0.25) is 5.91 Å². The van der Waals surface area contributed by atoms with E-state index in [9.17, 15) is 4.79 Å². The number of amides is 1. The monoisotopic (exact) mass is 353 g/mol. The second-order valence-electron chi connectivity index (χ2n) is 6.87. The summed E-state index contributed by atoms with van der Waals surface area (Å²) in [7, 11) is 0. The molecule has 0 radical (unpaired) electrons. The van der Waals surface area contributed by atoms with Crippen molar-refractivity contribution in [2.45, 2.75) is 53.2 Å². The molecule has 0 aliphatic rings. The fourth-order valence-corrected chi connectivity index (χ4v) is 3.28. The van der Waals surface area contributed by atoms with Crippen LogP contribution >= 0.6 is 0 Å². The second kappa shape index (κ2) is 7.72. The highest BCUT2D eigenvalue weighted by atomic mass is 16.2. The SMILES string of the molecule is CCN(Cc1ccccc1)C(=O)CCn1ncc2c1c(C)nn2C(C)C. The van der Waals surface area contributed by atoms with E-state index >= 15 is 0 Å². The average molecular weight is 353 g/mol. The molecule has 0 N–H and O–H groups in total. The van der Waals surface area contributed by atoms with Crippen LogP contribution in [0.25, 0.3) is 11.0 Å². The lowest BCUT2D eigenvalue weighted by Gasteiger charge is -2.21. The van der Waals surface area contributed by atoms with Crippen molar-refractivity contribution in [2.24, 2.45) is 0 Å². The number of aryl methyl sites for hydroxylation is 2. The van der Waals surface area contributed by atoms with Crippen molar-refractivity contribution in [2.75, 3.05) is 6.54 Å². The molecular weight excluding hydrogens is 326 g/mol. The maximum absolute atomic E-state index is 12.7. The van der Waals surface area contributed by atoms with E-state index in [0.717, 1.165) is 22.3 Å². The fraction of sp³-hybridized carbons (Fsp3) is 0.450. The van der Waals surface area contributed by atoms with Gasteiger partial charge in [-0.05, 0) is 33.3 Å². The summed E-state index contributed by atoms with van der Waals surface area (Å²) < 4.78 is 3.90. The Labute approximate surface area is 154 Å². The van der Waals surface area contributed by atoms with Gasteiger partial charge in [0.25, 0.3) is 0 Å². The largest absolute Gasteiger partial charge is 0.339 e. The van der Waals surface area contributed by atoms with Crippen molar-refractivity contribution in [1.29, 1.82) is 0 Å². The number of nitrogens with zero attached hydrogens (tertiary/aromatic N) is 5. The normalized spacial score (nSPS) is 11.4. The smallest absolute Gasteiger partial charge is 0.224 e. The Bertz CT molecular complexity index is 878. The number of hydrogen-bond acceptors (Lipinski definition) is 3. The molecule has 6 nitrogen and oxygen atoms in total. The van der Waals surface area contributed by atoms with Crippen LogP contribution in [-0.2, 0) is 17.9 Å². The third-order valence-electron chi connectivity index (χ3n) is 4.64. The molecule has 2 heterocycles. The quantitative estimate of drug-likeness (QED) is 0.652. The van der Waals surface area contributed by atoms with Gasteiger partial charge in [-0.15, -0.1) is 0 Å². The zero-order valence-corrected chi connectivity index (χ0v) is 16.0. The molecule has 0 bridgehead atoms. The van der Waals surface area contributed by atoms with Crippen LogP contribution in [0.5, 0.6) is 0 Å². The van der Waals surface area contributed by atoms with Crippen molar-refractivity contribution in [3.8, 4) is 0 Å². The zero-order valence-electron chi connectivity index (χ0n) is 16.0. The summed E-state index contributed by atoms with van der Waals surface area (Å²) in [6.07, 6.45) is 2.28. The van der Waals surface area contributed by atoms with E-state index in [2.05, 4.69) is 36.2 Å². The zero-order chi connectivity index (χ0) is 18.7. The number of carbonyl (C=O) groups is 1. The van der Waals surface area contributed by atoms with Crippen LogP contribution < -0.4 is 0 Å². The molecule has 1 aromatic carbocycles. The summed E-state index contributed by atoms with van der Waals surface area (Å²) in [5, 5.41) is 9.09. The molecule has 0 spiro atoms. The van der Waals surface area contributed by atoms with Gasteiger partial charge in [0.05, 0.1) is 18.4 Å². The summed E-state index contributed by atoms with van der Waals surface area (Å²) in [4.78, 5) is 14.6. The van der Waals surface area contributed by atoms with Gasteiger partial charge in [-0.1, -0.05) is 30.3 Å². The minimum absolute atomic E-state index is 0.147. The third kappa shape index (κ3) is 3.64. The summed E-state index contributed by atoms with van der Waals surface area (Å²) in [6, 6.07) is 10.4. The highest BCUT2D eigenvalue weighted by Crippen LogP contribution is 2.21. The third-order valence-corrected chi connectivity index (χ3v) is 4.64. The Morgan fingerprint density at radius 2 is 1.96 bits per heavy atom. The van der Waals surface area contributed by atoms with Gasteiger partial charge in [0, 0.05) is 25.6 Å². The minimum Gasteiger partial charge on any atom is -0.339 e. The number of fused-ring (bicyclic) bond motifs is 1. The van der Waals surface area contributed by atoms with E-state index in [1.807, 2.05) is 52.5 Å². The van der Waals surface area contributed by atoms with E-state index in [4.69, 9.17) is 0 Å². The highest BCUT2D eigenvalue weighted by Gasteiger charge is 2.17.